The van der Waals surface area contributed by atoms with Crippen LogP contribution in [0.3, 0.4) is 0 Å². The third-order valence-corrected chi connectivity index (χ3v) is 22.0. The van der Waals surface area contributed by atoms with Gasteiger partial charge in [-0.3, -0.25) is 0 Å². The van der Waals surface area contributed by atoms with Crippen LogP contribution < -0.4 is 0 Å². The maximum Gasteiger partial charge on any atom is 0.164 e. The molecular formula is C98H62N10S2. The second kappa shape index (κ2) is 29.6. The van der Waals surface area contributed by atoms with Crippen LogP contribution in [0.4, 0.5) is 0 Å². The van der Waals surface area contributed by atoms with Crippen LogP contribution in [0.15, 0.2) is 376 Å². The molecule has 0 radical (unpaired) electrons. The minimum absolute atomic E-state index is 0.623. The Hall–Kier alpha value is -14.3. The number of rotatable bonds is 14. The molecule has 0 amide bonds. The molecule has 0 atom stereocenters. The molecular weight excluding hydrogens is 1380 g/mol. The summed E-state index contributed by atoms with van der Waals surface area (Å²) in [4.78, 5) is 51.4. The largest absolute Gasteiger partial charge is 0.228 e. The molecule has 0 bridgehead atoms. The number of fused-ring (bicyclic) bond motifs is 6. The standard InChI is InChI=1S/2C49H31N5S/c1-5-16-32(17-6-1)36-24-13-25-37(30-36)47-52-46(35-22-11-4-12-23-35)53-48(54-47)39-27-15-29-43-44(39)38-26-14-28-40(45(38)55-43)49-50-41(33-18-7-2-8-19-33)31-42(51-49)34-20-9-3-10-21-34;1-5-15-32(16-6-1)33-27-29-37(30-28-33)47-52-46(36-21-11-4-12-22-36)53-48(54-47)39-24-14-26-43-44(39)38-23-13-25-40(45(38)55-43)49-50-41(34-17-7-2-8-18-34)31-42(51-49)35-19-9-3-10-20-35/h2*1-31H. The maximum absolute atomic E-state index is 5.20. The summed E-state index contributed by atoms with van der Waals surface area (Å²) in [6.07, 6.45) is 0. The highest BCUT2D eigenvalue weighted by atomic mass is 32.1. The second-order valence-corrected chi connectivity index (χ2v) is 28.7. The van der Waals surface area contributed by atoms with Crippen molar-refractivity contribution >= 4 is 63.0 Å². The van der Waals surface area contributed by atoms with Gasteiger partial charge in [-0.25, -0.2) is 49.8 Å². The van der Waals surface area contributed by atoms with Gasteiger partial charge in [-0.05, 0) is 64.7 Å². The first-order valence-electron chi connectivity index (χ1n) is 36.3. The highest BCUT2D eigenvalue weighted by Gasteiger charge is 2.24. The Bertz CT molecular complexity index is 6620. The molecule has 0 unspecified atom stereocenters. The van der Waals surface area contributed by atoms with Crippen LogP contribution in [-0.2, 0) is 0 Å². The van der Waals surface area contributed by atoms with Crippen molar-refractivity contribution in [2.45, 2.75) is 0 Å². The molecule has 12 heteroatoms. The van der Waals surface area contributed by atoms with E-state index >= 15 is 0 Å². The van der Waals surface area contributed by atoms with Gasteiger partial charge in [-0.1, -0.05) is 334 Å². The first-order valence-corrected chi connectivity index (χ1v) is 38.0. The second-order valence-electron chi connectivity index (χ2n) is 26.5. The monoisotopic (exact) mass is 1440 g/mol. The van der Waals surface area contributed by atoms with Crippen molar-refractivity contribution in [2.75, 3.05) is 0 Å². The van der Waals surface area contributed by atoms with E-state index in [0.717, 1.165) is 147 Å². The summed E-state index contributed by atoms with van der Waals surface area (Å²) in [5.74, 6) is 5.13. The third-order valence-electron chi connectivity index (χ3n) is 19.6. The highest BCUT2D eigenvalue weighted by molar-refractivity contribution is 7.27. The molecule has 10 nitrogen and oxygen atoms in total. The summed E-state index contributed by atoms with van der Waals surface area (Å²) in [6.45, 7) is 0. The smallest absolute Gasteiger partial charge is 0.164 e. The van der Waals surface area contributed by atoms with E-state index in [9.17, 15) is 0 Å². The number of thiophene rings is 2. The van der Waals surface area contributed by atoms with Crippen LogP contribution in [0.5, 0.6) is 0 Å². The normalized spacial score (nSPS) is 11.3. The van der Waals surface area contributed by atoms with Crippen LogP contribution >= 0.6 is 22.7 Å². The zero-order chi connectivity index (χ0) is 73.1. The van der Waals surface area contributed by atoms with Gasteiger partial charge >= 0.3 is 0 Å². The lowest BCUT2D eigenvalue weighted by Gasteiger charge is -2.11. The number of benzene rings is 14. The Morgan fingerprint density at radius 1 is 0.155 bits per heavy atom. The minimum Gasteiger partial charge on any atom is -0.228 e. The molecule has 14 aromatic carbocycles. The van der Waals surface area contributed by atoms with Crippen LogP contribution in [0.2, 0.25) is 0 Å². The molecule has 0 aliphatic rings. The van der Waals surface area contributed by atoms with Gasteiger partial charge in [0.1, 0.15) is 0 Å². The third kappa shape index (κ3) is 13.3. The maximum atomic E-state index is 5.20. The number of hydrogen-bond acceptors (Lipinski definition) is 12. The van der Waals surface area contributed by atoms with E-state index in [2.05, 4.69) is 231 Å². The van der Waals surface area contributed by atoms with Crippen LogP contribution in [0.1, 0.15) is 0 Å². The fraction of sp³-hybridized carbons (Fsp3) is 0. The van der Waals surface area contributed by atoms with Gasteiger partial charge in [0, 0.05) is 107 Å². The lowest BCUT2D eigenvalue weighted by molar-refractivity contribution is 1.08. The Kier molecular flexibility index (Phi) is 17.8. The van der Waals surface area contributed by atoms with E-state index in [0.29, 0.717) is 46.6 Å². The molecule has 0 spiro atoms. The molecule has 0 fully saturated rings. The Labute approximate surface area is 642 Å². The van der Waals surface area contributed by atoms with Gasteiger partial charge < -0.3 is 0 Å². The molecule has 516 valence electrons. The molecule has 20 aromatic rings. The van der Waals surface area contributed by atoms with Gasteiger partial charge in [0.15, 0.2) is 46.6 Å². The van der Waals surface area contributed by atoms with E-state index in [1.165, 1.54) is 5.56 Å². The Morgan fingerprint density at radius 2 is 0.400 bits per heavy atom. The summed E-state index contributed by atoms with van der Waals surface area (Å²) >= 11 is 3.49. The predicted molar refractivity (Wildman–Crippen MR) is 453 cm³/mol. The van der Waals surface area contributed by atoms with E-state index < -0.39 is 0 Å². The Balaban J connectivity index is 0.000000149. The first kappa shape index (κ1) is 66.4. The van der Waals surface area contributed by atoms with E-state index in [1.807, 2.05) is 146 Å². The molecule has 0 N–H and O–H groups in total. The zero-order valence-corrected chi connectivity index (χ0v) is 60.7. The van der Waals surface area contributed by atoms with E-state index in [-0.39, 0.29) is 0 Å². The van der Waals surface area contributed by atoms with Crippen molar-refractivity contribution in [3.63, 3.8) is 0 Å². The summed E-state index contributed by atoms with van der Waals surface area (Å²) in [5.41, 5.74) is 19.8. The molecule has 0 saturated heterocycles. The van der Waals surface area contributed by atoms with Crippen molar-refractivity contribution in [2.24, 2.45) is 0 Å². The fourth-order valence-corrected chi connectivity index (χ4v) is 16.7. The van der Waals surface area contributed by atoms with Crippen molar-refractivity contribution in [1.82, 2.24) is 49.8 Å². The molecule has 0 saturated carbocycles. The summed E-state index contributed by atoms with van der Waals surface area (Å²) in [5, 5.41) is 4.42. The average molecular weight is 1440 g/mol. The van der Waals surface area contributed by atoms with E-state index in [4.69, 9.17) is 49.8 Å². The number of nitrogens with zero attached hydrogens (tertiary/aromatic N) is 10. The van der Waals surface area contributed by atoms with Gasteiger partial charge in [-0.2, -0.15) is 0 Å². The lowest BCUT2D eigenvalue weighted by atomic mass is 10.0. The van der Waals surface area contributed by atoms with Gasteiger partial charge in [0.05, 0.1) is 22.8 Å². The molecule has 0 aliphatic heterocycles. The summed E-state index contributed by atoms with van der Waals surface area (Å²) in [7, 11) is 0. The van der Waals surface area contributed by atoms with Gasteiger partial charge in [0.2, 0.25) is 0 Å². The quantitative estimate of drug-likeness (QED) is 0.104. The molecule has 6 aromatic heterocycles. The van der Waals surface area contributed by atoms with Crippen LogP contribution in [0.25, 0.3) is 199 Å². The lowest BCUT2D eigenvalue weighted by Crippen LogP contribution is -2.00. The zero-order valence-electron chi connectivity index (χ0n) is 59.1. The topological polar surface area (TPSA) is 129 Å². The van der Waals surface area contributed by atoms with E-state index in [1.54, 1.807) is 22.7 Å². The highest BCUT2D eigenvalue weighted by Crippen LogP contribution is 2.47. The summed E-state index contributed by atoms with van der Waals surface area (Å²) < 4.78 is 4.50. The molecule has 20 rings (SSSR count). The minimum atomic E-state index is 0.623. The van der Waals surface area contributed by atoms with Crippen LogP contribution in [-0.4, -0.2) is 49.8 Å². The van der Waals surface area contributed by atoms with Crippen molar-refractivity contribution in [1.29, 1.82) is 0 Å². The molecule has 0 aliphatic carbocycles. The fourth-order valence-electron chi connectivity index (χ4n) is 14.2. The number of aromatic nitrogens is 10. The van der Waals surface area contributed by atoms with Crippen molar-refractivity contribution in [3.05, 3.63) is 376 Å². The average Bonchev–Trinajstić information content (AvgIpc) is 1.58. The van der Waals surface area contributed by atoms with Crippen LogP contribution in [0, 0.1) is 0 Å². The Morgan fingerprint density at radius 3 is 0.773 bits per heavy atom. The van der Waals surface area contributed by atoms with Gasteiger partial charge in [-0.15, -0.1) is 22.7 Å². The predicted octanol–water partition coefficient (Wildman–Crippen LogP) is 25.4. The molecule has 110 heavy (non-hydrogen) atoms. The summed E-state index contributed by atoms with van der Waals surface area (Å²) in [6, 6.07) is 129. The van der Waals surface area contributed by atoms with Crippen molar-refractivity contribution < 1.29 is 0 Å². The first-order chi connectivity index (χ1) is 54.5. The molecule has 6 heterocycles. The number of hydrogen-bond donors (Lipinski definition) is 0. The van der Waals surface area contributed by atoms with Crippen molar-refractivity contribution in [3.8, 4) is 158 Å². The van der Waals surface area contributed by atoms with Gasteiger partial charge in [0.25, 0.3) is 0 Å². The SMILES string of the molecule is c1ccc(-c2ccc(-c3nc(-c4ccccc4)nc(-c4cccc5sc6c(-c7nc(-c8ccccc8)cc(-c8ccccc8)n7)cccc6c45)n3)cc2)cc1.c1ccc(-c2cccc(-c3nc(-c4ccccc4)nc(-c4cccc5sc6c(-c7nc(-c8ccccc8)cc(-c8ccccc8)n7)cccc6c45)n3)c2)cc1.